The second kappa shape index (κ2) is 5.32. The first-order valence-electron chi connectivity index (χ1n) is 5.58. The molecule has 3 nitrogen and oxygen atoms in total. The molecule has 0 aliphatic rings. The predicted octanol–water partition coefficient (Wildman–Crippen LogP) is 1.68. The van der Waals surface area contributed by atoms with Crippen LogP contribution in [-0.4, -0.2) is 28.4 Å². The Balaban J connectivity index is 2.43. The number of aliphatic hydroxyl groups excluding tert-OH is 1. The molecular weight excluding hydrogens is 202 g/mol. The minimum atomic E-state index is -0.430. The Morgan fingerprint density at radius 3 is 2.56 bits per heavy atom. The maximum absolute atomic E-state index is 9.81. The molecule has 0 heterocycles. The van der Waals surface area contributed by atoms with Crippen LogP contribution >= 0.6 is 0 Å². The van der Waals surface area contributed by atoms with Crippen LogP contribution in [0.1, 0.15) is 26.3 Å². The molecule has 0 radical (unpaired) electrons. The van der Waals surface area contributed by atoms with Crippen LogP contribution in [0.4, 0.5) is 0 Å². The molecule has 0 aromatic heterocycles. The van der Waals surface area contributed by atoms with Gasteiger partial charge >= 0.3 is 0 Å². The summed E-state index contributed by atoms with van der Waals surface area (Å²) in [6.07, 6.45) is 0.123. The van der Waals surface area contributed by atoms with E-state index in [2.05, 4.69) is 26.1 Å². The highest BCUT2D eigenvalue weighted by molar-refractivity contribution is 5.27. The number of aliphatic hydroxyl groups is 1. The van der Waals surface area contributed by atoms with E-state index in [4.69, 9.17) is 0 Å². The van der Waals surface area contributed by atoms with Crippen molar-refractivity contribution in [2.75, 3.05) is 6.54 Å². The summed E-state index contributed by atoms with van der Waals surface area (Å²) in [7, 11) is 0. The Hall–Kier alpha value is -1.06. The van der Waals surface area contributed by atoms with Crippen molar-refractivity contribution in [3.05, 3.63) is 29.8 Å². The Bertz CT molecular complexity index is 331. The van der Waals surface area contributed by atoms with Gasteiger partial charge in [-0.2, -0.15) is 0 Å². The highest BCUT2D eigenvalue weighted by Gasteiger charge is 2.12. The van der Waals surface area contributed by atoms with Crippen molar-refractivity contribution in [3.8, 4) is 5.75 Å². The molecule has 0 fully saturated rings. The predicted molar refractivity (Wildman–Crippen MR) is 65.6 cm³/mol. The van der Waals surface area contributed by atoms with Gasteiger partial charge < -0.3 is 15.5 Å². The molecule has 1 aromatic rings. The topological polar surface area (TPSA) is 52.5 Å². The Morgan fingerprint density at radius 2 is 2.00 bits per heavy atom. The third kappa shape index (κ3) is 5.14. The van der Waals surface area contributed by atoms with Crippen LogP contribution in [0.5, 0.6) is 5.75 Å². The second-order valence-electron chi connectivity index (χ2n) is 5.16. The number of aromatic hydroxyl groups is 1. The molecule has 0 saturated heterocycles. The van der Waals surface area contributed by atoms with Gasteiger partial charge in [0.05, 0.1) is 6.10 Å². The summed E-state index contributed by atoms with van der Waals surface area (Å²) in [5.41, 5.74) is 0.961. The first kappa shape index (κ1) is 13.0. The summed E-state index contributed by atoms with van der Waals surface area (Å²) >= 11 is 0. The van der Waals surface area contributed by atoms with Crippen molar-refractivity contribution in [2.24, 2.45) is 0 Å². The van der Waals surface area contributed by atoms with Gasteiger partial charge in [-0.15, -0.1) is 0 Å². The van der Waals surface area contributed by atoms with Gasteiger partial charge in [-0.25, -0.2) is 0 Å². The van der Waals surface area contributed by atoms with E-state index in [1.807, 2.05) is 6.07 Å². The molecular formula is C13H21NO2. The molecule has 0 bridgehead atoms. The van der Waals surface area contributed by atoms with E-state index in [9.17, 15) is 10.2 Å². The number of hydrogen-bond donors (Lipinski definition) is 3. The largest absolute Gasteiger partial charge is 0.508 e. The van der Waals surface area contributed by atoms with Crippen molar-refractivity contribution in [3.63, 3.8) is 0 Å². The van der Waals surface area contributed by atoms with Crippen LogP contribution in [0, 0.1) is 0 Å². The Kier molecular flexibility index (Phi) is 4.33. The van der Waals surface area contributed by atoms with E-state index < -0.39 is 6.10 Å². The highest BCUT2D eigenvalue weighted by atomic mass is 16.3. The minimum Gasteiger partial charge on any atom is -0.508 e. The summed E-state index contributed by atoms with van der Waals surface area (Å²) in [6.45, 7) is 6.75. The molecule has 16 heavy (non-hydrogen) atoms. The average Bonchev–Trinajstić information content (AvgIpc) is 2.14. The summed E-state index contributed by atoms with van der Waals surface area (Å²) in [5, 5.41) is 22.3. The molecule has 3 heteroatoms. The molecule has 1 atom stereocenters. The van der Waals surface area contributed by atoms with Gasteiger partial charge in [-0.05, 0) is 44.9 Å². The lowest BCUT2D eigenvalue weighted by atomic mass is 10.1. The zero-order valence-electron chi connectivity index (χ0n) is 10.2. The van der Waals surface area contributed by atoms with Gasteiger partial charge in [-0.3, -0.25) is 0 Å². The first-order valence-corrected chi connectivity index (χ1v) is 5.58. The quantitative estimate of drug-likeness (QED) is 0.728. The summed E-state index contributed by atoms with van der Waals surface area (Å²) in [4.78, 5) is 0. The van der Waals surface area contributed by atoms with Gasteiger partial charge in [0.1, 0.15) is 5.75 Å². The molecule has 90 valence electrons. The number of rotatable bonds is 4. The van der Waals surface area contributed by atoms with Crippen LogP contribution < -0.4 is 5.32 Å². The van der Waals surface area contributed by atoms with E-state index in [0.717, 1.165) is 5.56 Å². The zero-order valence-corrected chi connectivity index (χ0v) is 10.2. The van der Waals surface area contributed by atoms with Crippen molar-refractivity contribution >= 4 is 0 Å². The van der Waals surface area contributed by atoms with E-state index in [1.54, 1.807) is 18.2 Å². The zero-order chi connectivity index (χ0) is 12.2. The number of phenolic OH excluding ortho intramolecular Hbond substituents is 1. The number of phenols is 1. The summed E-state index contributed by atoms with van der Waals surface area (Å²) in [6, 6.07) is 7.00. The molecule has 0 amide bonds. The van der Waals surface area contributed by atoms with E-state index in [-0.39, 0.29) is 11.3 Å². The van der Waals surface area contributed by atoms with Gasteiger partial charge in [-0.1, -0.05) is 12.1 Å². The van der Waals surface area contributed by atoms with Crippen LogP contribution in [-0.2, 0) is 6.42 Å². The smallest absolute Gasteiger partial charge is 0.115 e. The van der Waals surface area contributed by atoms with Gasteiger partial charge in [0.25, 0.3) is 0 Å². The number of nitrogens with one attached hydrogen (secondary N) is 1. The third-order valence-electron chi connectivity index (χ3n) is 2.25. The number of β-amino-alcohol motifs (C(OH)–C–C–N with tert-alkyl or cyclic N) is 1. The number of benzene rings is 1. The molecule has 1 rings (SSSR count). The highest BCUT2D eigenvalue weighted by Crippen LogP contribution is 2.12. The fourth-order valence-electron chi connectivity index (χ4n) is 1.45. The average molecular weight is 223 g/mol. The molecule has 1 aromatic carbocycles. The van der Waals surface area contributed by atoms with Crippen molar-refractivity contribution in [1.82, 2.24) is 5.32 Å². The lowest BCUT2D eigenvalue weighted by Crippen LogP contribution is -2.41. The van der Waals surface area contributed by atoms with Gasteiger partial charge in [0.2, 0.25) is 0 Å². The minimum absolute atomic E-state index is 0.0137. The normalized spacial score (nSPS) is 13.8. The van der Waals surface area contributed by atoms with E-state index in [0.29, 0.717) is 13.0 Å². The molecule has 1 unspecified atom stereocenters. The van der Waals surface area contributed by atoms with Crippen LogP contribution in [0.3, 0.4) is 0 Å². The van der Waals surface area contributed by atoms with E-state index >= 15 is 0 Å². The second-order valence-corrected chi connectivity index (χ2v) is 5.16. The van der Waals surface area contributed by atoms with Crippen LogP contribution in [0.25, 0.3) is 0 Å². The fourth-order valence-corrected chi connectivity index (χ4v) is 1.45. The molecule has 0 aliphatic heterocycles. The lowest BCUT2D eigenvalue weighted by Gasteiger charge is -2.22. The Morgan fingerprint density at radius 1 is 1.31 bits per heavy atom. The maximum Gasteiger partial charge on any atom is 0.115 e. The van der Waals surface area contributed by atoms with Crippen molar-refractivity contribution in [2.45, 2.75) is 38.8 Å². The number of hydrogen-bond acceptors (Lipinski definition) is 3. The van der Waals surface area contributed by atoms with Crippen molar-refractivity contribution in [1.29, 1.82) is 0 Å². The fraction of sp³-hybridized carbons (Fsp3) is 0.538. The van der Waals surface area contributed by atoms with Crippen LogP contribution in [0.2, 0.25) is 0 Å². The SMILES string of the molecule is CC(C)(C)NCC(O)Cc1cccc(O)c1. The molecule has 3 N–H and O–H groups in total. The van der Waals surface area contributed by atoms with Gasteiger partial charge in [0, 0.05) is 12.1 Å². The van der Waals surface area contributed by atoms with Crippen LogP contribution in [0.15, 0.2) is 24.3 Å². The summed E-state index contributed by atoms with van der Waals surface area (Å²) < 4.78 is 0. The maximum atomic E-state index is 9.81. The third-order valence-corrected chi connectivity index (χ3v) is 2.25. The molecule has 0 aliphatic carbocycles. The Labute approximate surface area is 97.1 Å². The standard InChI is InChI=1S/C13H21NO2/c1-13(2,3)14-9-12(16)8-10-5-4-6-11(15)7-10/h4-7,12,14-16H,8-9H2,1-3H3. The molecule has 0 saturated carbocycles. The van der Waals surface area contributed by atoms with Gasteiger partial charge in [0.15, 0.2) is 0 Å². The molecule has 0 spiro atoms. The monoisotopic (exact) mass is 223 g/mol. The lowest BCUT2D eigenvalue weighted by molar-refractivity contribution is 0.161. The summed E-state index contributed by atoms with van der Waals surface area (Å²) in [5.74, 6) is 0.244. The van der Waals surface area contributed by atoms with Crippen molar-refractivity contribution < 1.29 is 10.2 Å². The van der Waals surface area contributed by atoms with E-state index in [1.165, 1.54) is 0 Å². The first-order chi connectivity index (χ1) is 7.37.